The molecule has 0 bridgehead atoms. The summed E-state index contributed by atoms with van der Waals surface area (Å²) in [6, 6.07) is 22.7. The van der Waals surface area contributed by atoms with Gasteiger partial charge in [-0.2, -0.15) is 0 Å². The summed E-state index contributed by atoms with van der Waals surface area (Å²) in [4.78, 5) is 16.7. The SMILES string of the molecule is CCOC(=O)c1ccc2nc(C)cc(Nc3ccc(OCc4ccc(Cl)cc4)cc3)c2c1. The molecule has 162 valence electrons. The maximum absolute atomic E-state index is 12.2. The normalized spacial score (nSPS) is 10.7. The number of benzene rings is 3. The van der Waals surface area contributed by atoms with Crippen molar-refractivity contribution in [1.29, 1.82) is 0 Å². The molecule has 4 aromatic rings. The highest BCUT2D eigenvalue weighted by molar-refractivity contribution is 6.30. The standard InChI is InChI=1S/C26H23ClN2O3/c1-3-31-26(30)19-6-13-24-23(15-19)25(14-17(2)28-24)29-21-9-11-22(12-10-21)32-16-18-4-7-20(27)8-5-18/h4-15H,3,16H2,1-2H3,(H,28,29). The van der Waals surface area contributed by atoms with E-state index in [1.165, 1.54) is 0 Å². The van der Waals surface area contributed by atoms with Crippen LogP contribution in [-0.4, -0.2) is 17.6 Å². The quantitative estimate of drug-likeness (QED) is 0.320. The summed E-state index contributed by atoms with van der Waals surface area (Å²) in [5, 5.41) is 4.99. The average Bonchev–Trinajstić information content (AvgIpc) is 2.79. The van der Waals surface area contributed by atoms with Crippen LogP contribution in [-0.2, 0) is 11.3 Å². The van der Waals surface area contributed by atoms with Crippen molar-refractivity contribution < 1.29 is 14.3 Å². The number of halogens is 1. The minimum absolute atomic E-state index is 0.334. The predicted molar refractivity (Wildman–Crippen MR) is 128 cm³/mol. The monoisotopic (exact) mass is 446 g/mol. The molecule has 5 nitrogen and oxygen atoms in total. The Morgan fingerprint density at radius 2 is 1.75 bits per heavy atom. The van der Waals surface area contributed by atoms with Crippen LogP contribution in [0.1, 0.15) is 28.5 Å². The van der Waals surface area contributed by atoms with Crippen molar-refractivity contribution >= 4 is 39.8 Å². The number of anilines is 2. The molecule has 0 saturated heterocycles. The van der Waals surface area contributed by atoms with Gasteiger partial charge >= 0.3 is 5.97 Å². The first-order valence-corrected chi connectivity index (χ1v) is 10.7. The highest BCUT2D eigenvalue weighted by Gasteiger charge is 2.11. The number of carbonyl (C=O) groups is 1. The maximum atomic E-state index is 12.2. The molecule has 1 aromatic heterocycles. The van der Waals surface area contributed by atoms with E-state index in [-0.39, 0.29) is 5.97 Å². The summed E-state index contributed by atoms with van der Waals surface area (Å²) >= 11 is 5.92. The van der Waals surface area contributed by atoms with Crippen molar-refractivity contribution in [2.75, 3.05) is 11.9 Å². The molecule has 0 aliphatic rings. The second-order valence-electron chi connectivity index (χ2n) is 7.33. The smallest absolute Gasteiger partial charge is 0.338 e. The van der Waals surface area contributed by atoms with Crippen LogP contribution in [0.3, 0.4) is 0 Å². The van der Waals surface area contributed by atoms with E-state index in [4.69, 9.17) is 21.1 Å². The molecule has 0 fully saturated rings. The van der Waals surface area contributed by atoms with Gasteiger partial charge in [0.15, 0.2) is 0 Å². The summed E-state index contributed by atoms with van der Waals surface area (Å²) in [6.45, 7) is 4.53. The van der Waals surface area contributed by atoms with Gasteiger partial charge in [0.05, 0.1) is 17.7 Å². The molecule has 1 heterocycles. The number of fused-ring (bicyclic) bond motifs is 1. The summed E-state index contributed by atoms with van der Waals surface area (Å²) < 4.78 is 11.0. The highest BCUT2D eigenvalue weighted by Crippen LogP contribution is 2.28. The van der Waals surface area contributed by atoms with E-state index < -0.39 is 0 Å². The van der Waals surface area contributed by atoms with Crippen LogP contribution in [0.25, 0.3) is 10.9 Å². The molecular weight excluding hydrogens is 424 g/mol. The van der Waals surface area contributed by atoms with Gasteiger partial charge in [0.2, 0.25) is 0 Å². The Morgan fingerprint density at radius 1 is 1.00 bits per heavy atom. The molecular formula is C26H23ClN2O3. The number of hydrogen-bond acceptors (Lipinski definition) is 5. The number of aromatic nitrogens is 1. The van der Waals surface area contributed by atoms with E-state index in [2.05, 4.69) is 10.3 Å². The first kappa shape index (κ1) is 21.7. The van der Waals surface area contributed by atoms with Crippen molar-refractivity contribution in [3.63, 3.8) is 0 Å². The molecule has 0 atom stereocenters. The molecule has 0 aliphatic heterocycles. The van der Waals surface area contributed by atoms with Crippen molar-refractivity contribution in [2.24, 2.45) is 0 Å². The van der Waals surface area contributed by atoms with Gasteiger partial charge in [-0.25, -0.2) is 4.79 Å². The lowest BCUT2D eigenvalue weighted by atomic mass is 10.1. The van der Waals surface area contributed by atoms with Crippen LogP contribution < -0.4 is 10.1 Å². The van der Waals surface area contributed by atoms with Gasteiger partial charge in [-0.1, -0.05) is 23.7 Å². The number of esters is 1. The Balaban J connectivity index is 1.52. The number of aryl methyl sites for hydroxylation is 1. The third-order valence-electron chi connectivity index (χ3n) is 4.90. The number of rotatable bonds is 7. The Hall–Kier alpha value is -3.57. The maximum Gasteiger partial charge on any atom is 0.338 e. The van der Waals surface area contributed by atoms with Gasteiger partial charge < -0.3 is 14.8 Å². The lowest BCUT2D eigenvalue weighted by Crippen LogP contribution is -2.05. The molecule has 6 heteroatoms. The molecule has 32 heavy (non-hydrogen) atoms. The Labute approximate surface area is 192 Å². The molecule has 0 radical (unpaired) electrons. The fourth-order valence-electron chi connectivity index (χ4n) is 3.34. The van der Waals surface area contributed by atoms with Crippen LogP contribution >= 0.6 is 11.6 Å². The largest absolute Gasteiger partial charge is 0.489 e. The molecule has 1 N–H and O–H groups in total. The second-order valence-corrected chi connectivity index (χ2v) is 7.76. The Morgan fingerprint density at radius 3 is 2.47 bits per heavy atom. The summed E-state index contributed by atoms with van der Waals surface area (Å²) in [6.07, 6.45) is 0. The number of ether oxygens (including phenoxy) is 2. The lowest BCUT2D eigenvalue weighted by Gasteiger charge is -2.13. The van der Waals surface area contributed by atoms with Gasteiger partial charge in [-0.05, 0) is 80.1 Å². The van der Waals surface area contributed by atoms with Crippen LogP contribution in [0.15, 0.2) is 72.8 Å². The minimum atomic E-state index is -0.344. The van der Waals surface area contributed by atoms with Crippen LogP contribution in [0.4, 0.5) is 11.4 Å². The van der Waals surface area contributed by atoms with E-state index in [0.717, 1.165) is 39.3 Å². The van der Waals surface area contributed by atoms with Gasteiger partial charge in [0, 0.05) is 27.5 Å². The van der Waals surface area contributed by atoms with Crippen LogP contribution in [0.2, 0.25) is 5.02 Å². The summed E-state index contributed by atoms with van der Waals surface area (Å²) in [5.74, 6) is 0.425. The van der Waals surface area contributed by atoms with E-state index in [1.807, 2.05) is 73.7 Å². The van der Waals surface area contributed by atoms with E-state index in [9.17, 15) is 4.79 Å². The highest BCUT2D eigenvalue weighted by atomic mass is 35.5. The predicted octanol–water partition coefficient (Wildman–Crippen LogP) is 6.70. The van der Waals surface area contributed by atoms with Gasteiger partial charge in [-0.15, -0.1) is 0 Å². The third kappa shape index (κ3) is 5.18. The molecule has 0 unspecified atom stereocenters. The minimum Gasteiger partial charge on any atom is -0.489 e. The number of carbonyl (C=O) groups excluding carboxylic acids is 1. The molecule has 0 aliphatic carbocycles. The summed E-state index contributed by atoms with van der Waals surface area (Å²) in [5.41, 5.74) is 5.01. The Kier molecular flexibility index (Phi) is 6.57. The topological polar surface area (TPSA) is 60.5 Å². The van der Waals surface area contributed by atoms with Crippen LogP contribution in [0, 0.1) is 6.92 Å². The van der Waals surface area contributed by atoms with E-state index in [1.54, 1.807) is 13.0 Å². The lowest BCUT2D eigenvalue weighted by molar-refractivity contribution is 0.0526. The zero-order valence-electron chi connectivity index (χ0n) is 17.9. The van der Waals surface area contributed by atoms with Crippen molar-refractivity contribution in [3.05, 3.63) is 94.6 Å². The zero-order chi connectivity index (χ0) is 22.5. The second kappa shape index (κ2) is 9.71. The molecule has 0 amide bonds. The number of nitrogens with one attached hydrogen (secondary N) is 1. The van der Waals surface area contributed by atoms with E-state index >= 15 is 0 Å². The van der Waals surface area contributed by atoms with E-state index in [0.29, 0.717) is 23.8 Å². The molecule has 4 rings (SSSR count). The number of nitrogens with zero attached hydrogens (tertiary/aromatic N) is 1. The number of hydrogen-bond donors (Lipinski definition) is 1. The first-order valence-electron chi connectivity index (χ1n) is 10.3. The molecule has 3 aromatic carbocycles. The van der Waals surface area contributed by atoms with Crippen molar-refractivity contribution in [1.82, 2.24) is 4.98 Å². The first-order chi connectivity index (χ1) is 15.5. The average molecular weight is 447 g/mol. The van der Waals surface area contributed by atoms with Crippen molar-refractivity contribution in [3.8, 4) is 5.75 Å². The molecule has 0 saturated carbocycles. The fraction of sp³-hybridized carbons (Fsp3) is 0.154. The summed E-state index contributed by atoms with van der Waals surface area (Å²) in [7, 11) is 0. The Bertz CT molecular complexity index is 1240. The van der Waals surface area contributed by atoms with Gasteiger partial charge in [-0.3, -0.25) is 4.98 Å². The van der Waals surface area contributed by atoms with Gasteiger partial charge in [0.1, 0.15) is 12.4 Å². The van der Waals surface area contributed by atoms with Gasteiger partial charge in [0.25, 0.3) is 0 Å². The van der Waals surface area contributed by atoms with Crippen molar-refractivity contribution in [2.45, 2.75) is 20.5 Å². The zero-order valence-corrected chi connectivity index (χ0v) is 18.6. The fourth-order valence-corrected chi connectivity index (χ4v) is 3.47. The third-order valence-corrected chi connectivity index (χ3v) is 5.15. The molecule has 0 spiro atoms. The number of pyridine rings is 1. The van der Waals surface area contributed by atoms with Crippen LogP contribution in [0.5, 0.6) is 5.75 Å².